The van der Waals surface area contributed by atoms with E-state index in [-0.39, 0.29) is 17.9 Å². The van der Waals surface area contributed by atoms with E-state index in [0.717, 1.165) is 0 Å². The molecule has 0 bridgehead atoms. The van der Waals surface area contributed by atoms with Gasteiger partial charge in [0.1, 0.15) is 12.3 Å². The predicted molar refractivity (Wildman–Crippen MR) is 53.8 cm³/mol. The molecule has 0 aromatic rings. The first kappa shape index (κ1) is 13.8. The molecule has 86 valence electrons. The second kappa shape index (κ2) is 7.10. The summed E-state index contributed by atoms with van der Waals surface area (Å²) in [6, 6.07) is -1.16. The zero-order valence-corrected chi connectivity index (χ0v) is 9.08. The van der Waals surface area contributed by atoms with Crippen molar-refractivity contribution in [2.24, 2.45) is 0 Å². The molecule has 7 heteroatoms. The van der Waals surface area contributed by atoms with E-state index in [4.69, 9.17) is 5.11 Å². The lowest BCUT2D eigenvalue weighted by atomic mass is 10.3. The number of hydrogen-bond acceptors (Lipinski definition) is 4. The molecule has 15 heavy (non-hydrogen) atoms. The molecule has 0 saturated carbocycles. The average molecular weight is 235 g/mol. The van der Waals surface area contributed by atoms with Crippen molar-refractivity contribution < 1.29 is 23.7 Å². The van der Waals surface area contributed by atoms with E-state index in [1.165, 1.54) is 6.92 Å². The Morgan fingerprint density at radius 1 is 1.53 bits per heavy atom. The molecule has 1 unspecified atom stereocenters. The first-order valence-electron chi connectivity index (χ1n) is 4.26. The summed E-state index contributed by atoms with van der Waals surface area (Å²) in [5.74, 6) is -1.78. The third kappa shape index (κ3) is 6.78. The van der Waals surface area contributed by atoms with Crippen LogP contribution in [0.25, 0.3) is 0 Å². The first-order valence-corrected chi connectivity index (χ1v) is 5.74. The van der Waals surface area contributed by atoms with E-state index in [1.807, 2.05) is 0 Å². The van der Waals surface area contributed by atoms with Gasteiger partial charge in [-0.1, -0.05) is 0 Å². The van der Waals surface area contributed by atoms with E-state index in [0.29, 0.717) is 6.29 Å². The Labute approximate surface area is 89.5 Å². The second-order valence-corrected chi connectivity index (χ2v) is 4.48. The largest absolute Gasteiger partial charge is 0.480 e. The molecule has 0 rings (SSSR count). The van der Waals surface area contributed by atoms with Crippen LogP contribution in [0.2, 0.25) is 0 Å². The Bertz CT molecular complexity index is 278. The lowest BCUT2D eigenvalue weighted by molar-refractivity contribution is -0.140. The fourth-order valence-electron chi connectivity index (χ4n) is 0.869. The zero-order chi connectivity index (χ0) is 11.8. The second-order valence-electron chi connectivity index (χ2n) is 2.86. The van der Waals surface area contributed by atoms with Gasteiger partial charge in [-0.05, 0) is 0 Å². The first-order chi connectivity index (χ1) is 6.97. The van der Waals surface area contributed by atoms with Gasteiger partial charge in [-0.25, -0.2) is 4.79 Å². The van der Waals surface area contributed by atoms with Crippen LogP contribution < -0.4 is 5.32 Å². The normalized spacial score (nSPS) is 13.9. The number of hydrogen-bond donors (Lipinski definition) is 2. The number of aliphatic carboxylic acids is 1. The maximum Gasteiger partial charge on any atom is 0.327 e. The predicted octanol–water partition coefficient (Wildman–Crippen LogP) is -1.09. The fourth-order valence-corrected chi connectivity index (χ4v) is 1.99. The van der Waals surface area contributed by atoms with Crippen molar-refractivity contribution in [1.29, 1.82) is 0 Å². The summed E-state index contributed by atoms with van der Waals surface area (Å²) in [6.07, 6.45) is 0.741. The van der Waals surface area contributed by atoms with Crippen molar-refractivity contribution in [3.63, 3.8) is 0 Å². The third-order valence-corrected chi connectivity index (χ3v) is 2.89. The highest BCUT2D eigenvalue weighted by molar-refractivity contribution is 7.85. The highest BCUT2D eigenvalue weighted by Gasteiger charge is 2.20. The Morgan fingerprint density at radius 2 is 2.13 bits per heavy atom. The van der Waals surface area contributed by atoms with Crippen molar-refractivity contribution in [1.82, 2.24) is 5.32 Å². The molecular weight excluding hydrogens is 222 g/mol. The molecule has 0 heterocycles. The van der Waals surface area contributed by atoms with Crippen LogP contribution >= 0.6 is 0 Å². The van der Waals surface area contributed by atoms with Crippen molar-refractivity contribution in [3.05, 3.63) is 0 Å². The molecule has 0 fully saturated rings. The Kier molecular flexibility index (Phi) is 6.52. The monoisotopic (exact) mass is 235 g/mol. The van der Waals surface area contributed by atoms with Gasteiger partial charge < -0.3 is 15.2 Å². The molecule has 0 aliphatic rings. The average Bonchev–Trinajstić information content (AvgIpc) is 2.12. The number of rotatable bonds is 7. The molecule has 2 N–H and O–H groups in total. The minimum atomic E-state index is -1.41. The Hall–Kier alpha value is -1.24. The van der Waals surface area contributed by atoms with Crippen LogP contribution in [0.3, 0.4) is 0 Å². The van der Waals surface area contributed by atoms with Gasteiger partial charge in [0.05, 0.1) is 5.75 Å². The third-order valence-electron chi connectivity index (χ3n) is 1.49. The minimum Gasteiger partial charge on any atom is -0.480 e. The van der Waals surface area contributed by atoms with Crippen LogP contribution in [0, 0.1) is 0 Å². The minimum absolute atomic E-state index is 0.118. The summed E-state index contributed by atoms with van der Waals surface area (Å²) < 4.78 is 11.2. The van der Waals surface area contributed by atoms with Gasteiger partial charge in [0, 0.05) is 29.9 Å². The standard InChI is InChI=1S/C8H13NO5S/c1-6(11)9-7(8(12)13)5-15(14)4-2-3-10/h3,7H,2,4-5H2,1H3,(H,9,11)(H,12,13)/t7-,15?/m1/s1. The van der Waals surface area contributed by atoms with Gasteiger partial charge in [0.15, 0.2) is 0 Å². The van der Waals surface area contributed by atoms with Crippen molar-refractivity contribution in [2.45, 2.75) is 19.4 Å². The topological polar surface area (TPSA) is 101 Å². The molecule has 0 aromatic carbocycles. The van der Waals surface area contributed by atoms with Crippen molar-refractivity contribution >= 4 is 29.0 Å². The number of carbonyl (C=O) groups excluding carboxylic acids is 2. The Morgan fingerprint density at radius 3 is 2.53 bits per heavy atom. The molecule has 0 radical (unpaired) electrons. The maximum atomic E-state index is 11.2. The van der Waals surface area contributed by atoms with E-state index in [1.54, 1.807) is 0 Å². The summed E-state index contributed by atoms with van der Waals surface area (Å²) >= 11 is 0. The Balaban J connectivity index is 4.16. The van der Waals surface area contributed by atoms with Crippen LogP contribution in [0.4, 0.5) is 0 Å². The van der Waals surface area contributed by atoms with Gasteiger partial charge in [-0.3, -0.25) is 9.00 Å². The van der Waals surface area contributed by atoms with Crippen LogP contribution in [0.5, 0.6) is 0 Å². The number of nitrogens with one attached hydrogen (secondary N) is 1. The molecule has 2 atom stereocenters. The summed E-state index contributed by atoms with van der Waals surface area (Å²) in [6.45, 7) is 1.18. The molecule has 0 aliphatic carbocycles. The number of carboxylic acids is 1. The molecule has 0 aliphatic heterocycles. The molecule has 1 amide bonds. The van der Waals surface area contributed by atoms with E-state index in [9.17, 15) is 18.6 Å². The highest BCUT2D eigenvalue weighted by Crippen LogP contribution is 1.93. The molecule has 0 saturated heterocycles. The molecular formula is C8H13NO5S. The summed E-state index contributed by atoms with van der Waals surface area (Å²) in [4.78, 5) is 31.2. The molecule has 0 aromatic heterocycles. The van der Waals surface area contributed by atoms with Gasteiger partial charge in [0.25, 0.3) is 0 Å². The van der Waals surface area contributed by atoms with Crippen LogP contribution in [0.1, 0.15) is 13.3 Å². The summed E-state index contributed by atoms with van der Waals surface area (Å²) in [7, 11) is -1.41. The van der Waals surface area contributed by atoms with Gasteiger partial charge in [0.2, 0.25) is 5.91 Å². The van der Waals surface area contributed by atoms with Crippen LogP contribution in [-0.2, 0) is 25.2 Å². The lowest BCUT2D eigenvalue weighted by Crippen LogP contribution is -2.43. The van der Waals surface area contributed by atoms with Gasteiger partial charge >= 0.3 is 5.97 Å². The quantitative estimate of drug-likeness (QED) is 0.546. The van der Waals surface area contributed by atoms with E-state index in [2.05, 4.69) is 5.32 Å². The van der Waals surface area contributed by atoms with E-state index >= 15 is 0 Å². The van der Waals surface area contributed by atoms with Crippen molar-refractivity contribution in [3.8, 4) is 0 Å². The number of carboxylic acid groups (broad SMARTS) is 1. The van der Waals surface area contributed by atoms with Gasteiger partial charge in [-0.15, -0.1) is 0 Å². The summed E-state index contributed by atoms with van der Waals surface area (Å²) in [5.41, 5.74) is 0. The maximum absolute atomic E-state index is 11.2. The van der Waals surface area contributed by atoms with Crippen LogP contribution in [0.15, 0.2) is 0 Å². The van der Waals surface area contributed by atoms with Crippen LogP contribution in [-0.4, -0.2) is 45.0 Å². The van der Waals surface area contributed by atoms with Gasteiger partial charge in [-0.2, -0.15) is 0 Å². The lowest BCUT2D eigenvalue weighted by Gasteiger charge is -2.11. The summed E-state index contributed by atoms with van der Waals surface area (Å²) in [5, 5.41) is 10.8. The van der Waals surface area contributed by atoms with Crippen molar-refractivity contribution in [2.75, 3.05) is 11.5 Å². The number of aldehydes is 1. The fraction of sp³-hybridized carbons (Fsp3) is 0.625. The number of amides is 1. The molecule has 6 nitrogen and oxygen atoms in total. The zero-order valence-electron chi connectivity index (χ0n) is 8.26. The van der Waals surface area contributed by atoms with E-state index < -0.39 is 28.7 Å². The highest BCUT2D eigenvalue weighted by atomic mass is 32.2. The molecule has 0 spiro atoms. The smallest absolute Gasteiger partial charge is 0.327 e. The SMILES string of the molecule is CC(=O)N[C@H](CS(=O)CCC=O)C(=O)O. The number of carbonyl (C=O) groups is 3.